The fourth-order valence-electron chi connectivity index (χ4n) is 4.34. The van der Waals surface area contributed by atoms with Crippen LogP contribution in [0, 0.1) is 11.7 Å². The number of hydrogen-bond acceptors (Lipinski definition) is 8. The third-order valence-corrected chi connectivity index (χ3v) is 9.27. The van der Waals surface area contributed by atoms with Crippen molar-refractivity contribution in [2.45, 2.75) is 39.7 Å². The predicted molar refractivity (Wildman–Crippen MR) is 150 cm³/mol. The Kier molecular flexibility index (Phi) is 9.74. The second kappa shape index (κ2) is 13.0. The normalized spacial score (nSPS) is 15.5. The molecule has 1 aromatic carbocycles. The number of nitrogens with zero attached hydrogens (tertiary/aromatic N) is 2. The standard InChI is InChI=1S/C26H30FN3O5S3/c1-4-35-10-9-30-18-8-6-16(27)12-20(18)38-26(30)29-22(32)14-36-13-21(31)28-24-23(25(33)34-3)17-7-5-15(2)11-19(17)37-24/h6,8,12,15H,4-5,7,9-11,13-14H2,1-3H3,(H,28,31). The minimum Gasteiger partial charge on any atom is -0.465 e. The molecule has 1 atom stereocenters. The molecule has 2 aromatic heterocycles. The van der Waals surface area contributed by atoms with Crippen LogP contribution in [0.5, 0.6) is 0 Å². The third kappa shape index (κ3) is 6.71. The molecule has 4 rings (SSSR count). The van der Waals surface area contributed by atoms with Crippen LogP contribution >= 0.6 is 34.4 Å². The topological polar surface area (TPSA) is 99.0 Å². The number of nitrogens with one attached hydrogen (secondary N) is 1. The van der Waals surface area contributed by atoms with Gasteiger partial charge in [0.05, 0.1) is 41.0 Å². The summed E-state index contributed by atoms with van der Waals surface area (Å²) in [6, 6.07) is 4.47. The van der Waals surface area contributed by atoms with Gasteiger partial charge in [0.2, 0.25) is 5.91 Å². The molecule has 2 amide bonds. The number of aromatic nitrogens is 1. The van der Waals surface area contributed by atoms with E-state index < -0.39 is 11.9 Å². The van der Waals surface area contributed by atoms with Gasteiger partial charge in [0.1, 0.15) is 10.8 Å². The number of thiazole rings is 1. The Balaban J connectivity index is 1.41. The van der Waals surface area contributed by atoms with E-state index in [1.165, 1.54) is 41.9 Å². The van der Waals surface area contributed by atoms with Crippen LogP contribution in [0.1, 0.15) is 41.1 Å². The Bertz CT molecular complexity index is 1410. The molecule has 1 aliphatic rings. The fraction of sp³-hybridized carbons (Fsp3) is 0.462. The summed E-state index contributed by atoms with van der Waals surface area (Å²) in [5.74, 6) is -0.939. The van der Waals surface area contributed by atoms with E-state index >= 15 is 0 Å². The molecule has 0 saturated heterocycles. The van der Waals surface area contributed by atoms with Crippen LogP contribution in [0.2, 0.25) is 0 Å². The quantitative estimate of drug-likeness (QED) is 0.277. The number of halogens is 1. The Morgan fingerprint density at radius 3 is 2.84 bits per heavy atom. The second-order valence-corrected chi connectivity index (χ2v) is 12.0. The molecule has 0 bridgehead atoms. The van der Waals surface area contributed by atoms with Crippen molar-refractivity contribution in [3.05, 3.63) is 44.8 Å². The number of rotatable bonds is 10. The molecule has 0 radical (unpaired) electrons. The van der Waals surface area contributed by atoms with Crippen molar-refractivity contribution in [2.75, 3.05) is 37.1 Å². The molecule has 0 saturated carbocycles. The average molecular weight is 580 g/mol. The van der Waals surface area contributed by atoms with Gasteiger partial charge in [0.25, 0.3) is 5.91 Å². The number of carbonyl (C=O) groups is 3. The van der Waals surface area contributed by atoms with Gasteiger partial charge in [-0.1, -0.05) is 18.3 Å². The Labute approximate surface area is 232 Å². The van der Waals surface area contributed by atoms with Gasteiger partial charge < -0.3 is 19.4 Å². The fourth-order valence-corrected chi connectivity index (χ4v) is 7.45. The number of thiophene rings is 1. The zero-order valence-corrected chi connectivity index (χ0v) is 24.0. The minimum atomic E-state index is -0.449. The number of benzene rings is 1. The smallest absolute Gasteiger partial charge is 0.341 e. The van der Waals surface area contributed by atoms with Crippen LogP contribution in [-0.4, -0.2) is 54.2 Å². The first kappa shape index (κ1) is 28.5. The highest BCUT2D eigenvalue weighted by atomic mass is 32.2. The summed E-state index contributed by atoms with van der Waals surface area (Å²) in [5.41, 5.74) is 2.20. The average Bonchev–Trinajstić information content (AvgIpc) is 3.39. The van der Waals surface area contributed by atoms with E-state index in [1.807, 2.05) is 11.5 Å². The van der Waals surface area contributed by atoms with E-state index in [9.17, 15) is 18.8 Å². The molecule has 1 unspecified atom stereocenters. The second-order valence-electron chi connectivity index (χ2n) is 8.94. The first-order chi connectivity index (χ1) is 18.3. The molecule has 0 aliphatic heterocycles. The van der Waals surface area contributed by atoms with Crippen molar-refractivity contribution in [1.29, 1.82) is 0 Å². The lowest BCUT2D eigenvalue weighted by Gasteiger charge is -2.18. The molecule has 1 N–H and O–H groups in total. The Hall–Kier alpha value is -2.54. The number of thioether (sulfide) groups is 1. The first-order valence-electron chi connectivity index (χ1n) is 12.3. The van der Waals surface area contributed by atoms with E-state index in [4.69, 9.17) is 9.47 Å². The summed E-state index contributed by atoms with van der Waals surface area (Å²) < 4.78 is 26.7. The van der Waals surface area contributed by atoms with Crippen molar-refractivity contribution < 1.29 is 28.2 Å². The molecular weight excluding hydrogens is 550 g/mol. The highest BCUT2D eigenvalue weighted by Crippen LogP contribution is 2.40. The largest absolute Gasteiger partial charge is 0.465 e. The van der Waals surface area contributed by atoms with E-state index in [2.05, 4.69) is 17.2 Å². The maximum atomic E-state index is 13.7. The lowest BCUT2D eigenvalue weighted by molar-refractivity contribution is -0.115. The van der Waals surface area contributed by atoms with E-state index in [0.717, 1.165) is 47.0 Å². The molecule has 12 heteroatoms. The summed E-state index contributed by atoms with van der Waals surface area (Å²) in [6.07, 6.45) is 2.65. The summed E-state index contributed by atoms with van der Waals surface area (Å²) >= 11 is 3.80. The zero-order valence-electron chi connectivity index (χ0n) is 21.5. The van der Waals surface area contributed by atoms with Gasteiger partial charge in [-0.25, -0.2) is 9.18 Å². The van der Waals surface area contributed by atoms with Crippen molar-refractivity contribution in [3.63, 3.8) is 0 Å². The van der Waals surface area contributed by atoms with E-state index in [0.29, 0.717) is 45.7 Å². The van der Waals surface area contributed by atoms with E-state index in [1.54, 1.807) is 6.07 Å². The molecule has 0 spiro atoms. The highest BCUT2D eigenvalue weighted by Gasteiger charge is 2.28. The zero-order chi connectivity index (χ0) is 27.2. The lowest BCUT2D eigenvalue weighted by Crippen LogP contribution is -2.21. The predicted octanol–water partition coefficient (Wildman–Crippen LogP) is 4.65. The number of carbonyl (C=O) groups excluding carboxylic acids is 3. The van der Waals surface area contributed by atoms with Crippen molar-refractivity contribution >= 4 is 67.4 Å². The number of ether oxygens (including phenoxy) is 2. The van der Waals surface area contributed by atoms with Gasteiger partial charge in [-0.05, 0) is 55.9 Å². The van der Waals surface area contributed by atoms with Crippen LogP contribution in [0.3, 0.4) is 0 Å². The number of methoxy groups -OCH3 is 1. The Morgan fingerprint density at radius 2 is 2.08 bits per heavy atom. The molecule has 204 valence electrons. The molecular formula is C26H30FN3O5S3. The van der Waals surface area contributed by atoms with Crippen LogP contribution in [0.25, 0.3) is 10.2 Å². The number of amides is 2. The number of esters is 1. The summed E-state index contributed by atoms with van der Waals surface area (Å²) in [5, 5.41) is 3.35. The number of hydrogen-bond donors (Lipinski definition) is 1. The third-order valence-electron chi connectivity index (χ3n) is 6.14. The van der Waals surface area contributed by atoms with Gasteiger partial charge in [0, 0.05) is 18.0 Å². The summed E-state index contributed by atoms with van der Waals surface area (Å²) in [6.45, 7) is 5.56. The number of anilines is 1. The minimum absolute atomic E-state index is 0.00377. The maximum Gasteiger partial charge on any atom is 0.341 e. The molecule has 1 aliphatic carbocycles. The molecule has 2 heterocycles. The van der Waals surface area contributed by atoms with Gasteiger partial charge in [0.15, 0.2) is 4.80 Å². The van der Waals surface area contributed by atoms with Crippen LogP contribution in [-0.2, 0) is 38.4 Å². The molecule has 0 fully saturated rings. The van der Waals surface area contributed by atoms with Gasteiger partial charge in [-0.2, -0.15) is 4.99 Å². The summed E-state index contributed by atoms with van der Waals surface area (Å²) in [4.78, 5) is 43.6. The van der Waals surface area contributed by atoms with Crippen molar-refractivity contribution in [2.24, 2.45) is 10.9 Å². The SMILES string of the molecule is CCOCCn1c(=NC(=O)CSCC(=O)Nc2sc3c(c2C(=O)OC)CCC(C)C3)sc2cc(F)ccc21. The number of fused-ring (bicyclic) bond motifs is 2. The van der Waals surface area contributed by atoms with Crippen LogP contribution in [0.15, 0.2) is 23.2 Å². The van der Waals surface area contributed by atoms with Gasteiger partial charge in [-0.3, -0.25) is 9.59 Å². The molecule has 8 nitrogen and oxygen atoms in total. The van der Waals surface area contributed by atoms with Crippen LogP contribution in [0.4, 0.5) is 9.39 Å². The van der Waals surface area contributed by atoms with Crippen molar-refractivity contribution in [3.8, 4) is 0 Å². The summed E-state index contributed by atoms with van der Waals surface area (Å²) in [7, 11) is 1.34. The first-order valence-corrected chi connectivity index (χ1v) is 15.1. The van der Waals surface area contributed by atoms with Crippen molar-refractivity contribution in [1.82, 2.24) is 4.57 Å². The molecule has 3 aromatic rings. The van der Waals surface area contributed by atoms with Gasteiger partial charge >= 0.3 is 5.97 Å². The van der Waals surface area contributed by atoms with Gasteiger partial charge in [-0.15, -0.1) is 23.1 Å². The molecule has 38 heavy (non-hydrogen) atoms. The maximum absolute atomic E-state index is 13.7. The van der Waals surface area contributed by atoms with Crippen LogP contribution < -0.4 is 10.1 Å². The lowest BCUT2D eigenvalue weighted by atomic mass is 9.88. The highest BCUT2D eigenvalue weighted by molar-refractivity contribution is 8.00. The monoisotopic (exact) mass is 579 g/mol. The van der Waals surface area contributed by atoms with E-state index in [-0.39, 0.29) is 23.2 Å². The Morgan fingerprint density at radius 1 is 1.26 bits per heavy atom.